The highest BCUT2D eigenvalue weighted by molar-refractivity contribution is 7.92. The van der Waals surface area contributed by atoms with E-state index in [1.807, 2.05) is 6.92 Å². The zero-order valence-electron chi connectivity index (χ0n) is 19.2. The molecule has 2 aromatic carbocycles. The minimum Gasteiger partial charge on any atom is -0.494 e. The quantitative estimate of drug-likeness (QED) is 0.561. The van der Waals surface area contributed by atoms with Crippen LogP contribution >= 0.6 is 0 Å². The van der Waals surface area contributed by atoms with Crippen LogP contribution in [0.3, 0.4) is 0 Å². The van der Waals surface area contributed by atoms with Crippen molar-refractivity contribution in [2.75, 3.05) is 44.1 Å². The summed E-state index contributed by atoms with van der Waals surface area (Å²) < 4.78 is 33.2. The van der Waals surface area contributed by atoms with E-state index in [2.05, 4.69) is 14.9 Å². The Balaban J connectivity index is 1.29. The Morgan fingerprint density at radius 3 is 2.21 bits per heavy atom. The van der Waals surface area contributed by atoms with Crippen LogP contribution in [0.5, 0.6) is 5.75 Å². The second kappa shape index (κ2) is 10.4. The molecule has 1 aliphatic heterocycles. The van der Waals surface area contributed by atoms with E-state index in [-0.39, 0.29) is 16.7 Å². The Bertz CT molecular complexity index is 1110. The average Bonchev–Trinajstić information content (AvgIpc) is 3.64. The molecule has 2 N–H and O–H groups in total. The van der Waals surface area contributed by atoms with Gasteiger partial charge < -0.3 is 15.0 Å². The van der Waals surface area contributed by atoms with Crippen molar-refractivity contribution in [3.05, 3.63) is 54.1 Å². The van der Waals surface area contributed by atoms with Crippen molar-refractivity contribution in [3.8, 4) is 5.75 Å². The smallest absolute Gasteiger partial charge is 0.261 e. The summed E-state index contributed by atoms with van der Waals surface area (Å²) in [6.07, 6.45) is 2.13. The molecule has 2 amide bonds. The number of rotatable bonds is 9. The molecule has 0 aromatic heterocycles. The molecular formula is C24H30N4O5S. The van der Waals surface area contributed by atoms with Crippen LogP contribution in [0.1, 0.15) is 30.1 Å². The van der Waals surface area contributed by atoms with Crippen LogP contribution in [-0.2, 0) is 14.8 Å². The van der Waals surface area contributed by atoms with E-state index in [9.17, 15) is 18.0 Å². The summed E-state index contributed by atoms with van der Waals surface area (Å²) in [5, 5.41) is 2.98. The molecule has 1 heterocycles. The van der Waals surface area contributed by atoms with Crippen LogP contribution in [0, 0.1) is 0 Å². The minimum absolute atomic E-state index is 0.0468. The van der Waals surface area contributed by atoms with Gasteiger partial charge in [0.15, 0.2) is 0 Å². The number of nitrogens with one attached hydrogen (secondary N) is 2. The first-order valence-corrected chi connectivity index (χ1v) is 13.0. The lowest BCUT2D eigenvalue weighted by molar-refractivity contribution is -0.122. The fourth-order valence-corrected chi connectivity index (χ4v) is 4.83. The molecule has 9 nitrogen and oxygen atoms in total. The number of sulfonamides is 1. The van der Waals surface area contributed by atoms with E-state index in [0.717, 1.165) is 12.8 Å². The first-order chi connectivity index (χ1) is 16.3. The van der Waals surface area contributed by atoms with E-state index in [4.69, 9.17) is 4.74 Å². The zero-order valence-corrected chi connectivity index (χ0v) is 20.0. The highest BCUT2D eigenvalue weighted by Gasteiger charge is 2.26. The van der Waals surface area contributed by atoms with E-state index >= 15 is 0 Å². The summed E-state index contributed by atoms with van der Waals surface area (Å²) in [5.41, 5.74) is 0.862. The summed E-state index contributed by atoms with van der Waals surface area (Å²) in [7, 11) is -3.76. The van der Waals surface area contributed by atoms with Gasteiger partial charge in [-0.3, -0.25) is 19.2 Å². The Morgan fingerprint density at radius 2 is 1.62 bits per heavy atom. The van der Waals surface area contributed by atoms with Gasteiger partial charge in [0.1, 0.15) is 5.75 Å². The number of benzene rings is 2. The molecule has 0 spiro atoms. The van der Waals surface area contributed by atoms with Gasteiger partial charge in [0.05, 0.1) is 18.0 Å². The molecule has 2 fully saturated rings. The van der Waals surface area contributed by atoms with E-state index in [1.54, 1.807) is 41.3 Å². The molecule has 0 atom stereocenters. The van der Waals surface area contributed by atoms with Gasteiger partial charge in [-0.25, -0.2) is 8.42 Å². The SMILES string of the molecule is CCOc1ccc(S(=O)(=O)Nc2ccc(C(=O)N3CCN(CC(=O)NC4CC4)CC3)cc2)cc1. The number of anilines is 1. The molecule has 0 unspecified atom stereocenters. The molecule has 4 rings (SSSR count). The van der Waals surface area contributed by atoms with E-state index in [0.29, 0.717) is 62.4 Å². The van der Waals surface area contributed by atoms with E-state index in [1.165, 1.54) is 12.1 Å². The third kappa shape index (κ3) is 6.27. The minimum atomic E-state index is -3.76. The van der Waals surface area contributed by atoms with Crippen molar-refractivity contribution in [3.63, 3.8) is 0 Å². The normalized spacial score (nSPS) is 16.7. The second-order valence-electron chi connectivity index (χ2n) is 8.50. The summed E-state index contributed by atoms with van der Waals surface area (Å²) in [6.45, 7) is 5.10. The molecule has 10 heteroatoms. The van der Waals surface area contributed by atoms with Crippen molar-refractivity contribution in [1.29, 1.82) is 0 Å². The fraction of sp³-hybridized carbons (Fsp3) is 0.417. The van der Waals surface area contributed by atoms with Crippen LogP contribution < -0.4 is 14.8 Å². The van der Waals surface area contributed by atoms with Crippen LogP contribution in [-0.4, -0.2) is 75.4 Å². The number of amides is 2. The van der Waals surface area contributed by atoms with Crippen LogP contribution in [0.15, 0.2) is 53.4 Å². The van der Waals surface area contributed by atoms with Gasteiger partial charge in [-0.15, -0.1) is 0 Å². The summed E-state index contributed by atoms with van der Waals surface area (Å²) in [4.78, 5) is 28.8. The molecule has 1 saturated carbocycles. The van der Waals surface area contributed by atoms with Crippen LogP contribution in [0.4, 0.5) is 5.69 Å². The lowest BCUT2D eigenvalue weighted by atomic mass is 10.1. The molecule has 0 radical (unpaired) electrons. The van der Waals surface area contributed by atoms with Crippen LogP contribution in [0.2, 0.25) is 0 Å². The molecule has 2 aromatic rings. The van der Waals surface area contributed by atoms with E-state index < -0.39 is 10.0 Å². The van der Waals surface area contributed by atoms with Gasteiger partial charge in [0.2, 0.25) is 5.91 Å². The van der Waals surface area contributed by atoms with Gasteiger partial charge in [0.25, 0.3) is 15.9 Å². The van der Waals surface area contributed by atoms with Crippen molar-refractivity contribution < 1.29 is 22.7 Å². The third-order valence-corrected chi connectivity index (χ3v) is 7.20. The monoisotopic (exact) mass is 486 g/mol. The Kier molecular flexibility index (Phi) is 7.38. The van der Waals surface area contributed by atoms with Gasteiger partial charge in [0, 0.05) is 43.5 Å². The number of piperazine rings is 1. The summed E-state index contributed by atoms with van der Waals surface area (Å²) in [6, 6.07) is 12.9. The number of hydrogen-bond donors (Lipinski definition) is 2. The second-order valence-corrected chi connectivity index (χ2v) is 10.2. The molecule has 1 aliphatic carbocycles. The standard InChI is InChI=1S/C24H30N4O5S/c1-2-33-21-9-11-22(12-10-21)34(31,32)26-20-5-3-18(4-6-20)24(30)28-15-13-27(14-16-28)17-23(29)25-19-7-8-19/h3-6,9-12,19,26H,2,7-8,13-17H2,1H3,(H,25,29). The van der Waals surface area contributed by atoms with Crippen molar-refractivity contribution in [2.45, 2.75) is 30.7 Å². The van der Waals surface area contributed by atoms with Crippen molar-refractivity contribution in [1.82, 2.24) is 15.1 Å². The van der Waals surface area contributed by atoms with Crippen molar-refractivity contribution >= 4 is 27.5 Å². The number of ether oxygens (including phenoxy) is 1. The summed E-state index contributed by atoms with van der Waals surface area (Å²) >= 11 is 0. The predicted octanol–water partition coefficient (Wildman–Crippen LogP) is 1.92. The van der Waals surface area contributed by atoms with Gasteiger partial charge in [-0.2, -0.15) is 0 Å². The lowest BCUT2D eigenvalue weighted by Crippen LogP contribution is -2.51. The number of nitrogens with zero attached hydrogens (tertiary/aromatic N) is 2. The highest BCUT2D eigenvalue weighted by atomic mass is 32.2. The first kappa shape index (κ1) is 24.0. The Hall–Kier alpha value is -3.11. The topological polar surface area (TPSA) is 108 Å². The molecule has 182 valence electrons. The maximum atomic E-state index is 12.9. The molecule has 34 heavy (non-hydrogen) atoms. The zero-order chi connectivity index (χ0) is 24.1. The highest BCUT2D eigenvalue weighted by Crippen LogP contribution is 2.21. The predicted molar refractivity (Wildman–Crippen MR) is 128 cm³/mol. The maximum Gasteiger partial charge on any atom is 0.261 e. The molecular weight excluding hydrogens is 456 g/mol. The number of carbonyl (C=O) groups excluding carboxylic acids is 2. The molecule has 0 bridgehead atoms. The van der Waals surface area contributed by atoms with Crippen molar-refractivity contribution in [2.24, 2.45) is 0 Å². The summed E-state index contributed by atoms with van der Waals surface area (Å²) in [5.74, 6) is 0.542. The number of hydrogen-bond acceptors (Lipinski definition) is 6. The first-order valence-electron chi connectivity index (χ1n) is 11.5. The maximum absolute atomic E-state index is 12.9. The fourth-order valence-electron chi connectivity index (χ4n) is 3.77. The third-order valence-electron chi connectivity index (χ3n) is 5.80. The van der Waals surface area contributed by atoms with Gasteiger partial charge in [-0.05, 0) is 68.3 Å². The van der Waals surface area contributed by atoms with Gasteiger partial charge in [-0.1, -0.05) is 0 Å². The Labute approximate surface area is 200 Å². The lowest BCUT2D eigenvalue weighted by Gasteiger charge is -2.34. The molecule has 2 aliphatic rings. The Morgan fingerprint density at radius 1 is 0.971 bits per heavy atom. The molecule has 1 saturated heterocycles. The average molecular weight is 487 g/mol. The van der Waals surface area contributed by atoms with Crippen LogP contribution in [0.25, 0.3) is 0 Å². The number of carbonyl (C=O) groups is 2. The largest absolute Gasteiger partial charge is 0.494 e. The van der Waals surface area contributed by atoms with Gasteiger partial charge >= 0.3 is 0 Å².